The fourth-order valence-electron chi connectivity index (χ4n) is 2.28. The van der Waals surface area contributed by atoms with Crippen LogP contribution in [0.15, 0.2) is 60.9 Å². The Bertz CT molecular complexity index is 900. The van der Waals surface area contributed by atoms with E-state index >= 15 is 0 Å². The molecular weight excluding hydrogens is 338 g/mol. The summed E-state index contributed by atoms with van der Waals surface area (Å²) in [6, 6.07) is 13.7. The van der Waals surface area contributed by atoms with Gasteiger partial charge in [-0.15, -0.1) is 0 Å². The first-order valence-corrected chi connectivity index (χ1v) is 7.94. The Labute approximate surface area is 149 Å². The molecule has 0 aliphatic heterocycles. The lowest BCUT2D eigenvalue weighted by atomic mass is 10.2. The minimum atomic E-state index is -0.384. The molecule has 0 bridgehead atoms. The van der Waals surface area contributed by atoms with E-state index in [0.717, 1.165) is 5.56 Å². The number of benzene rings is 2. The van der Waals surface area contributed by atoms with Crippen LogP contribution in [0.2, 0.25) is 0 Å². The number of halogens is 2. The monoisotopic (exact) mass is 354 g/mol. The van der Waals surface area contributed by atoms with E-state index in [1.807, 2.05) is 0 Å². The van der Waals surface area contributed by atoms with Gasteiger partial charge in [-0.2, -0.15) is 0 Å². The van der Waals surface area contributed by atoms with Crippen molar-refractivity contribution >= 4 is 11.7 Å². The summed E-state index contributed by atoms with van der Waals surface area (Å²) < 4.78 is 26.5. The zero-order valence-corrected chi connectivity index (χ0v) is 13.7. The summed E-state index contributed by atoms with van der Waals surface area (Å²) in [5.74, 6) is -0.617. The van der Waals surface area contributed by atoms with Crippen molar-refractivity contribution < 1.29 is 13.6 Å². The van der Waals surface area contributed by atoms with Crippen LogP contribution in [-0.4, -0.2) is 15.9 Å². The molecule has 1 amide bonds. The molecule has 26 heavy (non-hydrogen) atoms. The summed E-state index contributed by atoms with van der Waals surface area (Å²) in [5.41, 5.74) is 1.44. The van der Waals surface area contributed by atoms with Crippen molar-refractivity contribution in [1.29, 1.82) is 0 Å². The number of anilines is 1. The maximum absolute atomic E-state index is 13.6. The Kier molecular flexibility index (Phi) is 5.48. The molecule has 1 aromatic heterocycles. The van der Waals surface area contributed by atoms with Gasteiger partial charge >= 0.3 is 0 Å². The summed E-state index contributed by atoms with van der Waals surface area (Å²) in [4.78, 5) is 20.2. The molecule has 3 aromatic rings. The standard InChI is InChI=1S/C19H16F2N4O/c20-15-7-5-13(6-8-15)10-23-19(26)17-9-18(25-12-24-17)22-11-14-3-1-2-4-16(14)21/h1-9,12H,10-11H2,(H,23,26)(H,22,24,25). The summed E-state index contributed by atoms with van der Waals surface area (Å²) in [5, 5.41) is 5.67. The Morgan fingerprint density at radius 1 is 0.962 bits per heavy atom. The second-order valence-corrected chi connectivity index (χ2v) is 5.54. The molecule has 1 heterocycles. The van der Waals surface area contributed by atoms with Crippen LogP contribution in [0.25, 0.3) is 0 Å². The third-order valence-electron chi connectivity index (χ3n) is 3.68. The van der Waals surface area contributed by atoms with Gasteiger partial charge in [-0.1, -0.05) is 30.3 Å². The van der Waals surface area contributed by atoms with Crippen LogP contribution in [0, 0.1) is 11.6 Å². The van der Waals surface area contributed by atoms with Crippen molar-refractivity contribution in [1.82, 2.24) is 15.3 Å². The third kappa shape index (κ3) is 4.60. The minimum absolute atomic E-state index is 0.179. The first kappa shape index (κ1) is 17.5. The molecule has 0 atom stereocenters. The van der Waals surface area contributed by atoms with Gasteiger partial charge in [-0.3, -0.25) is 4.79 Å². The second-order valence-electron chi connectivity index (χ2n) is 5.54. The molecule has 0 aliphatic carbocycles. The van der Waals surface area contributed by atoms with Crippen LogP contribution in [0.5, 0.6) is 0 Å². The molecule has 2 N–H and O–H groups in total. The largest absolute Gasteiger partial charge is 0.366 e. The maximum atomic E-state index is 13.6. The van der Waals surface area contributed by atoms with Crippen LogP contribution < -0.4 is 10.6 Å². The van der Waals surface area contributed by atoms with Crippen molar-refractivity contribution in [3.63, 3.8) is 0 Å². The molecule has 2 aromatic carbocycles. The zero-order chi connectivity index (χ0) is 18.4. The highest BCUT2D eigenvalue weighted by Gasteiger charge is 2.09. The fraction of sp³-hybridized carbons (Fsp3) is 0.105. The molecule has 3 rings (SSSR count). The first-order valence-electron chi connectivity index (χ1n) is 7.94. The predicted octanol–water partition coefficient (Wildman–Crippen LogP) is 3.30. The van der Waals surface area contributed by atoms with E-state index in [1.165, 1.54) is 30.6 Å². The molecule has 0 unspecified atom stereocenters. The number of carbonyl (C=O) groups is 1. The second kappa shape index (κ2) is 8.15. The first-order chi connectivity index (χ1) is 12.6. The van der Waals surface area contributed by atoms with Crippen molar-refractivity contribution in [2.24, 2.45) is 0 Å². The molecule has 0 saturated heterocycles. The number of hydrogen-bond acceptors (Lipinski definition) is 4. The molecule has 7 heteroatoms. The summed E-state index contributed by atoms with van der Waals surface area (Å²) in [7, 11) is 0. The normalized spacial score (nSPS) is 10.4. The molecule has 0 saturated carbocycles. The number of hydrogen-bond donors (Lipinski definition) is 2. The Morgan fingerprint density at radius 3 is 2.50 bits per heavy atom. The SMILES string of the molecule is O=C(NCc1ccc(F)cc1)c1cc(NCc2ccccc2F)ncn1. The van der Waals surface area contributed by atoms with Crippen molar-refractivity contribution in [3.05, 3.63) is 89.4 Å². The van der Waals surface area contributed by atoms with Gasteiger partial charge in [-0.25, -0.2) is 18.7 Å². The smallest absolute Gasteiger partial charge is 0.270 e. The Hall–Kier alpha value is -3.35. The highest BCUT2D eigenvalue weighted by atomic mass is 19.1. The third-order valence-corrected chi connectivity index (χ3v) is 3.68. The number of nitrogens with one attached hydrogen (secondary N) is 2. The van der Waals surface area contributed by atoms with Gasteiger partial charge in [0.15, 0.2) is 0 Å². The number of amides is 1. The summed E-state index contributed by atoms with van der Waals surface area (Å²) in [6.45, 7) is 0.488. The average molecular weight is 354 g/mol. The lowest BCUT2D eigenvalue weighted by Crippen LogP contribution is -2.24. The molecular formula is C19H16F2N4O. The van der Waals surface area contributed by atoms with E-state index in [4.69, 9.17) is 0 Å². The van der Waals surface area contributed by atoms with Gasteiger partial charge in [0.1, 0.15) is 29.5 Å². The summed E-state index contributed by atoms with van der Waals surface area (Å²) in [6.07, 6.45) is 1.26. The molecule has 132 valence electrons. The summed E-state index contributed by atoms with van der Waals surface area (Å²) >= 11 is 0. The quantitative estimate of drug-likeness (QED) is 0.713. The van der Waals surface area contributed by atoms with E-state index in [1.54, 1.807) is 30.3 Å². The fourth-order valence-corrected chi connectivity index (χ4v) is 2.28. The maximum Gasteiger partial charge on any atom is 0.270 e. The molecule has 0 spiro atoms. The number of aromatic nitrogens is 2. The van der Waals surface area contributed by atoms with Gasteiger partial charge in [0.05, 0.1) is 0 Å². The lowest BCUT2D eigenvalue weighted by Gasteiger charge is -2.08. The van der Waals surface area contributed by atoms with Gasteiger partial charge < -0.3 is 10.6 Å². The van der Waals surface area contributed by atoms with Gasteiger partial charge in [0.25, 0.3) is 5.91 Å². The van der Waals surface area contributed by atoms with Crippen molar-refractivity contribution in [3.8, 4) is 0 Å². The van der Waals surface area contributed by atoms with E-state index in [2.05, 4.69) is 20.6 Å². The topological polar surface area (TPSA) is 66.9 Å². The van der Waals surface area contributed by atoms with Crippen LogP contribution >= 0.6 is 0 Å². The lowest BCUT2D eigenvalue weighted by molar-refractivity contribution is 0.0946. The van der Waals surface area contributed by atoms with E-state index in [-0.39, 0.29) is 36.3 Å². The van der Waals surface area contributed by atoms with Gasteiger partial charge in [0, 0.05) is 24.7 Å². The van der Waals surface area contributed by atoms with Gasteiger partial charge in [0.2, 0.25) is 0 Å². The van der Waals surface area contributed by atoms with E-state index in [9.17, 15) is 13.6 Å². The van der Waals surface area contributed by atoms with Crippen molar-refractivity contribution in [2.75, 3.05) is 5.32 Å². The highest BCUT2D eigenvalue weighted by molar-refractivity contribution is 5.92. The Balaban J connectivity index is 1.60. The number of rotatable bonds is 6. The van der Waals surface area contributed by atoms with Gasteiger partial charge in [-0.05, 0) is 23.8 Å². The Morgan fingerprint density at radius 2 is 1.73 bits per heavy atom. The van der Waals surface area contributed by atoms with Crippen LogP contribution in [0.4, 0.5) is 14.6 Å². The van der Waals surface area contributed by atoms with Crippen LogP contribution in [0.1, 0.15) is 21.6 Å². The van der Waals surface area contributed by atoms with Crippen LogP contribution in [0.3, 0.4) is 0 Å². The zero-order valence-electron chi connectivity index (χ0n) is 13.7. The van der Waals surface area contributed by atoms with E-state index < -0.39 is 0 Å². The molecule has 0 radical (unpaired) electrons. The molecule has 0 fully saturated rings. The number of nitrogens with zero attached hydrogens (tertiary/aromatic N) is 2. The molecule has 5 nitrogen and oxygen atoms in total. The van der Waals surface area contributed by atoms with Crippen LogP contribution in [-0.2, 0) is 13.1 Å². The molecule has 0 aliphatic rings. The minimum Gasteiger partial charge on any atom is -0.366 e. The average Bonchev–Trinajstić information content (AvgIpc) is 2.67. The highest BCUT2D eigenvalue weighted by Crippen LogP contribution is 2.10. The van der Waals surface area contributed by atoms with E-state index in [0.29, 0.717) is 11.4 Å². The number of carbonyl (C=O) groups excluding carboxylic acids is 1. The predicted molar refractivity (Wildman–Crippen MR) is 93.3 cm³/mol. The van der Waals surface area contributed by atoms with Crippen molar-refractivity contribution in [2.45, 2.75) is 13.1 Å².